The number of thiazole rings is 1. The van der Waals surface area contributed by atoms with Crippen LogP contribution in [0.2, 0.25) is 0 Å². The minimum Gasteiger partial charge on any atom is -0.311 e. The van der Waals surface area contributed by atoms with Crippen molar-refractivity contribution >= 4 is 22.4 Å². The third-order valence-corrected chi connectivity index (χ3v) is 2.60. The first kappa shape index (κ1) is 10.1. The van der Waals surface area contributed by atoms with Crippen molar-refractivity contribution in [2.24, 2.45) is 0 Å². The normalized spacial score (nSPS) is 10.1. The Morgan fingerprint density at radius 1 is 1.54 bits per heavy atom. The van der Waals surface area contributed by atoms with Crippen LogP contribution in [-0.2, 0) is 4.79 Å². The van der Waals surface area contributed by atoms with Crippen molar-refractivity contribution in [2.75, 3.05) is 18.9 Å². The highest BCUT2D eigenvalue weighted by Gasteiger charge is 2.06. The number of nitrogens with zero attached hydrogens (tertiary/aromatic N) is 1. The number of carbonyl (C=O) groups excluding carboxylic acids is 1. The van der Waals surface area contributed by atoms with Crippen LogP contribution in [-0.4, -0.2) is 24.5 Å². The third kappa shape index (κ3) is 2.78. The van der Waals surface area contributed by atoms with Crippen molar-refractivity contribution in [3.05, 3.63) is 10.6 Å². The van der Waals surface area contributed by atoms with Crippen LogP contribution in [0.15, 0.2) is 0 Å². The van der Waals surface area contributed by atoms with Gasteiger partial charge in [0.05, 0.1) is 12.2 Å². The van der Waals surface area contributed by atoms with E-state index in [1.807, 2.05) is 13.8 Å². The van der Waals surface area contributed by atoms with Gasteiger partial charge >= 0.3 is 0 Å². The molecule has 1 aromatic rings. The predicted octanol–water partition coefficient (Wildman–Crippen LogP) is 0.918. The van der Waals surface area contributed by atoms with E-state index in [1.165, 1.54) is 11.3 Å². The molecule has 1 aromatic heterocycles. The van der Waals surface area contributed by atoms with E-state index in [0.717, 1.165) is 10.6 Å². The second-order valence-electron chi connectivity index (χ2n) is 2.74. The highest BCUT2D eigenvalue weighted by Crippen LogP contribution is 2.20. The number of aromatic nitrogens is 1. The number of nitrogens with one attached hydrogen (secondary N) is 2. The summed E-state index contributed by atoms with van der Waals surface area (Å²) in [6.07, 6.45) is 0. The number of hydrogen-bond acceptors (Lipinski definition) is 4. The van der Waals surface area contributed by atoms with Crippen LogP contribution in [0.5, 0.6) is 0 Å². The fourth-order valence-corrected chi connectivity index (χ4v) is 1.68. The minimum atomic E-state index is -0.0590. The molecule has 0 aliphatic heterocycles. The molecule has 0 fully saturated rings. The third-order valence-electron chi connectivity index (χ3n) is 1.61. The topological polar surface area (TPSA) is 54.0 Å². The molecule has 13 heavy (non-hydrogen) atoms. The Balaban J connectivity index is 2.59. The first-order valence-electron chi connectivity index (χ1n) is 4.02. The molecule has 0 radical (unpaired) electrons. The minimum absolute atomic E-state index is 0.0590. The smallest absolute Gasteiger partial charge is 0.240 e. The summed E-state index contributed by atoms with van der Waals surface area (Å²) < 4.78 is 0. The molecule has 0 atom stereocenters. The summed E-state index contributed by atoms with van der Waals surface area (Å²) in [6, 6.07) is 0. The van der Waals surface area contributed by atoms with E-state index >= 15 is 0 Å². The Hall–Kier alpha value is -0.940. The number of likely N-dealkylation sites (N-methyl/N-ethyl adjacent to an activating group) is 1. The van der Waals surface area contributed by atoms with Gasteiger partial charge in [0, 0.05) is 4.88 Å². The van der Waals surface area contributed by atoms with Crippen molar-refractivity contribution < 1.29 is 4.79 Å². The van der Waals surface area contributed by atoms with Crippen LogP contribution in [0.1, 0.15) is 10.6 Å². The SMILES string of the molecule is CNCC(=O)Nc1nc(C)c(C)s1. The molecule has 0 aliphatic rings. The number of anilines is 1. The molecule has 0 unspecified atom stereocenters. The number of aryl methyl sites for hydroxylation is 2. The molecule has 0 spiro atoms. The van der Waals surface area contributed by atoms with Crippen LogP contribution in [0, 0.1) is 13.8 Å². The maximum Gasteiger partial charge on any atom is 0.240 e. The molecule has 1 heterocycles. The first-order valence-corrected chi connectivity index (χ1v) is 4.83. The van der Waals surface area contributed by atoms with Crippen molar-refractivity contribution in [3.63, 3.8) is 0 Å². The van der Waals surface area contributed by atoms with Gasteiger partial charge in [-0.05, 0) is 20.9 Å². The summed E-state index contributed by atoms with van der Waals surface area (Å²) in [5.74, 6) is -0.0590. The Labute approximate surface area is 81.4 Å². The summed E-state index contributed by atoms with van der Waals surface area (Å²) in [4.78, 5) is 16.5. The van der Waals surface area contributed by atoms with Gasteiger partial charge in [-0.2, -0.15) is 0 Å². The molecule has 0 saturated heterocycles. The Bertz CT molecular complexity index is 289. The molecular formula is C8H13N3OS. The molecule has 0 saturated carbocycles. The largest absolute Gasteiger partial charge is 0.311 e. The lowest BCUT2D eigenvalue weighted by atomic mass is 10.4. The number of hydrogen-bond donors (Lipinski definition) is 2. The maximum atomic E-state index is 11.1. The number of carbonyl (C=O) groups is 1. The summed E-state index contributed by atoms with van der Waals surface area (Å²) >= 11 is 1.50. The van der Waals surface area contributed by atoms with Crippen molar-refractivity contribution in [2.45, 2.75) is 13.8 Å². The van der Waals surface area contributed by atoms with E-state index < -0.39 is 0 Å². The van der Waals surface area contributed by atoms with E-state index in [1.54, 1.807) is 7.05 Å². The van der Waals surface area contributed by atoms with Crippen LogP contribution in [0.4, 0.5) is 5.13 Å². The summed E-state index contributed by atoms with van der Waals surface area (Å²) in [7, 11) is 1.73. The van der Waals surface area contributed by atoms with Gasteiger partial charge in [-0.1, -0.05) is 0 Å². The van der Waals surface area contributed by atoms with Gasteiger partial charge in [-0.15, -0.1) is 11.3 Å². The maximum absolute atomic E-state index is 11.1. The molecule has 2 N–H and O–H groups in total. The van der Waals surface area contributed by atoms with Crippen molar-refractivity contribution in [3.8, 4) is 0 Å². The Kier molecular flexibility index (Phi) is 3.39. The van der Waals surface area contributed by atoms with Gasteiger partial charge in [0.1, 0.15) is 0 Å². The fourth-order valence-electron chi connectivity index (χ4n) is 0.850. The fraction of sp³-hybridized carbons (Fsp3) is 0.500. The molecule has 1 amide bonds. The average Bonchev–Trinajstić information content (AvgIpc) is 2.31. The standard InChI is InChI=1S/C8H13N3OS/c1-5-6(2)13-8(10-5)11-7(12)4-9-3/h9H,4H2,1-3H3,(H,10,11,12). The van der Waals surface area contributed by atoms with Crippen LogP contribution >= 0.6 is 11.3 Å². The van der Waals surface area contributed by atoms with E-state index in [2.05, 4.69) is 15.6 Å². The molecule has 0 aromatic carbocycles. The molecule has 0 aliphatic carbocycles. The molecular weight excluding hydrogens is 186 g/mol. The van der Waals surface area contributed by atoms with Gasteiger partial charge in [0.25, 0.3) is 0 Å². The molecule has 0 bridgehead atoms. The van der Waals surface area contributed by atoms with Gasteiger partial charge in [-0.3, -0.25) is 4.79 Å². The van der Waals surface area contributed by atoms with Crippen LogP contribution < -0.4 is 10.6 Å². The predicted molar refractivity (Wildman–Crippen MR) is 54.1 cm³/mol. The van der Waals surface area contributed by atoms with Crippen LogP contribution in [0.25, 0.3) is 0 Å². The zero-order valence-corrected chi connectivity index (χ0v) is 8.79. The lowest BCUT2D eigenvalue weighted by Gasteiger charge is -1.98. The lowest BCUT2D eigenvalue weighted by Crippen LogP contribution is -2.24. The quantitative estimate of drug-likeness (QED) is 0.761. The van der Waals surface area contributed by atoms with Crippen molar-refractivity contribution in [1.29, 1.82) is 0 Å². The Morgan fingerprint density at radius 3 is 2.69 bits per heavy atom. The number of rotatable bonds is 3. The highest BCUT2D eigenvalue weighted by atomic mass is 32.1. The summed E-state index contributed by atoms with van der Waals surface area (Å²) in [5.41, 5.74) is 0.977. The van der Waals surface area contributed by atoms with E-state index in [9.17, 15) is 4.79 Å². The zero-order chi connectivity index (χ0) is 9.84. The Morgan fingerprint density at radius 2 is 2.23 bits per heavy atom. The van der Waals surface area contributed by atoms with Crippen LogP contribution in [0.3, 0.4) is 0 Å². The second-order valence-corrected chi connectivity index (χ2v) is 3.94. The zero-order valence-electron chi connectivity index (χ0n) is 7.97. The highest BCUT2D eigenvalue weighted by molar-refractivity contribution is 7.15. The van der Waals surface area contributed by atoms with E-state index in [-0.39, 0.29) is 5.91 Å². The monoisotopic (exact) mass is 199 g/mol. The summed E-state index contributed by atoms with van der Waals surface area (Å²) in [5, 5.41) is 6.16. The number of amides is 1. The molecule has 1 rings (SSSR count). The lowest BCUT2D eigenvalue weighted by molar-refractivity contribution is -0.115. The molecule has 5 heteroatoms. The van der Waals surface area contributed by atoms with Gasteiger partial charge in [0.15, 0.2) is 5.13 Å². The van der Waals surface area contributed by atoms with E-state index in [4.69, 9.17) is 0 Å². The average molecular weight is 199 g/mol. The summed E-state index contributed by atoms with van der Waals surface area (Å²) in [6.45, 7) is 4.23. The van der Waals surface area contributed by atoms with Gasteiger partial charge < -0.3 is 10.6 Å². The van der Waals surface area contributed by atoms with E-state index in [0.29, 0.717) is 11.7 Å². The molecule has 4 nitrogen and oxygen atoms in total. The van der Waals surface area contributed by atoms with Gasteiger partial charge in [-0.25, -0.2) is 4.98 Å². The van der Waals surface area contributed by atoms with Crippen molar-refractivity contribution in [1.82, 2.24) is 10.3 Å². The second kappa shape index (κ2) is 4.34. The molecule has 72 valence electrons. The first-order chi connectivity index (χ1) is 6.13. The van der Waals surface area contributed by atoms with Gasteiger partial charge in [0.2, 0.25) is 5.91 Å².